The third-order valence-corrected chi connectivity index (χ3v) is 7.60. The Bertz CT molecular complexity index is 597. The molecule has 2 heteroatoms. The predicted molar refractivity (Wildman–Crippen MR) is 87.2 cm³/mol. The minimum Gasteiger partial charge on any atom is -0.392 e. The Hall–Kier alpha value is -0.890. The monoisotopic (exact) mass is 300 g/mol. The molecular formula is C20H28O2. The lowest BCUT2D eigenvalue weighted by Gasteiger charge is -2.58. The zero-order valence-electron chi connectivity index (χ0n) is 14.1. The fourth-order valence-electron chi connectivity index (χ4n) is 6.46. The van der Waals surface area contributed by atoms with Gasteiger partial charge in [0, 0.05) is 11.3 Å². The lowest BCUT2D eigenvalue weighted by molar-refractivity contribution is -0.120. The Labute approximate surface area is 133 Å². The first-order chi connectivity index (χ1) is 10.3. The van der Waals surface area contributed by atoms with Gasteiger partial charge in [-0.1, -0.05) is 38.5 Å². The summed E-state index contributed by atoms with van der Waals surface area (Å²) in [5.74, 6) is 1.16. The van der Waals surface area contributed by atoms with Crippen molar-refractivity contribution < 1.29 is 9.90 Å². The lowest BCUT2D eigenvalue weighted by Crippen LogP contribution is -2.55. The first-order valence-corrected chi connectivity index (χ1v) is 8.90. The Morgan fingerprint density at radius 3 is 2.68 bits per heavy atom. The first kappa shape index (κ1) is 14.7. The molecule has 2 fully saturated rings. The van der Waals surface area contributed by atoms with Crippen LogP contribution in [0.3, 0.4) is 0 Å². The highest BCUT2D eigenvalue weighted by molar-refractivity contribution is 6.02. The second kappa shape index (κ2) is 4.35. The van der Waals surface area contributed by atoms with Crippen molar-refractivity contribution in [3.05, 3.63) is 23.3 Å². The minimum absolute atomic E-state index is 0.0256. The SMILES string of the molecule is C=C1C(=O)C2CC1CC1=C2C2(C)C(O)CCC(C)(C)C2CC1. The number of carbonyl (C=O) groups excluding carboxylic acids is 1. The van der Waals surface area contributed by atoms with Gasteiger partial charge >= 0.3 is 0 Å². The number of ketones is 1. The van der Waals surface area contributed by atoms with Crippen LogP contribution >= 0.6 is 0 Å². The van der Waals surface area contributed by atoms with Gasteiger partial charge in [0.05, 0.1) is 6.10 Å². The molecule has 5 unspecified atom stereocenters. The second-order valence-corrected chi connectivity index (χ2v) is 9.01. The molecule has 1 N–H and O–H groups in total. The van der Waals surface area contributed by atoms with Gasteiger partial charge in [-0.15, -0.1) is 0 Å². The zero-order chi connectivity index (χ0) is 15.9. The number of Topliss-reactive ketones (excluding diaryl/α,β-unsaturated/α-hetero) is 1. The molecule has 2 saturated carbocycles. The van der Waals surface area contributed by atoms with Gasteiger partial charge in [-0.2, -0.15) is 0 Å². The van der Waals surface area contributed by atoms with Crippen LogP contribution in [0.1, 0.15) is 59.3 Å². The molecule has 2 nitrogen and oxygen atoms in total. The van der Waals surface area contributed by atoms with E-state index in [9.17, 15) is 9.90 Å². The summed E-state index contributed by atoms with van der Waals surface area (Å²) in [6.07, 6.45) is 5.91. The van der Waals surface area contributed by atoms with E-state index in [0.717, 1.165) is 37.7 Å². The highest BCUT2D eigenvalue weighted by Crippen LogP contribution is 2.64. The van der Waals surface area contributed by atoms with E-state index in [-0.39, 0.29) is 28.6 Å². The average molecular weight is 300 g/mol. The maximum absolute atomic E-state index is 12.7. The third-order valence-electron chi connectivity index (χ3n) is 7.60. The minimum atomic E-state index is -0.297. The molecule has 0 saturated heterocycles. The molecule has 0 amide bonds. The summed E-state index contributed by atoms with van der Waals surface area (Å²) in [6.45, 7) is 11.0. The van der Waals surface area contributed by atoms with Crippen LogP contribution in [0, 0.1) is 28.6 Å². The molecule has 0 radical (unpaired) electrons. The predicted octanol–water partition coefficient (Wildman–Crippen LogP) is 4.05. The van der Waals surface area contributed by atoms with Crippen LogP contribution in [0.15, 0.2) is 23.3 Å². The Kier molecular flexibility index (Phi) is 2.90. The molecule has 120 valence electrons. The Balaban J connectivity index is 1.87. The van der Waals surface area contributed by atoms with E-state index in [1.54, 1.807) is 0 Å². The number of hydrogen-bond acceptors (Lipinski definition) is 2. The fraction of sp³-hybridized carbons (Fsp3) is 0.750. The molecule has 4 aliphatic rings. The molecule has 0 aliphatic heterocycles. The summed E-state index contributed by atoms with van der Waals surface area (Å²) in [7, 11) is 0. The molecule has 5 atom stereocenters. The van der Waals surface area contributed by atoms with E-state index < -0.39 is 0 Å². The van der Waals surface area contributed by atoms with Crippen molar-refractivity contribution in [2.75, 3.05) is 0 Å². The number of fused-ring (bicyclic) bond motifs is 5. The first-order valence-electron chi connectivity index (χ1n) is 8.90. The molecule has 2 bridgehead atoms. The zero-order valence-corrected chi connectivity index (χ0v) is 14.1. The molecular weight excluding hydrogens is 272 g/mol. The van der Waals surface area contributed by atoms with Crippen LogP contribution in [0.2, 0.25) is 0 Å². The van der Waals surface area contributed by atoms with Crippen molar-refractivity contribution in [1.82, 2.24) is 0 Å². The summed E-state index contributed by atoms with van der Waals surface area (Å²) in [6, 6.07) is 0. The van der Waals surface area contributed by atoms with Gasteiger partial charge in [-0.25, -0.2) is 0 Å². The largest absolute Gasteiger partial charge is 0.392 e. The van der Waals surface area contributed by atoms with Crippen LogP contribution in [-0.2, 0) is 4.79 Å². The van der Waals surface area contributed by atoms with Gasteiger partial charge in [0.2, 0.25) is 0 Å². The molecule has 0 heterocycles. The van der Waals surface area contributed by atoms with Crippen LogP contribution in [0.4, 0.5) is 0 Å². The maximum Gasteiger partial charge on any atom is 0.165 e. The van der Waals surface area contributed by atoms with Crippen LogP contribution in [0.5, 0.6) is 0 Å². The number of allylic oxidation sites excluding steroid dienone is 2. The van der Waals surface area contributed by atoms with Gasteiger partial charge in [0.25, 0.3) is 0 Å². The van der Waals surface area contributed by atoms with Crippen LogP contribution in [0.25, 0.3) is 0 Å². The van der Waals surface area contributed by atoms with Crippen molar-refractivity contribution >= 4 is 5.78 Å². The molecule has 0 aromatic rings. The molecule has 22 heavy (non-hydrogen) atoms. The topological polar surface area (TPSA) is 37.3 Å². The maximum atomic E-state index is 12.7. The smallest absolute Gasteiger partial charge is 0.165 e. The number of rotatable bonds is 0. The molecule has 0 spiro atoms. The average Bonchev–Trinajstić information content (AvgIpc) is 2.68. The molecule has 4 rings (SSSR count). The van der Waals surface area contributed by atoms with E-state index in [2.05, 4.69) is 27.4 Å². The summed E-state index contributed by atoms with van der Waals surface area (Å²) in [5, 5.41) is 10.9. The van der Waals surface area contributed by atoms with E-state index in [4.69, 9.17) is 0 Å². The van der Waals surface area contributed by atoms with Crippen molar-refractivity contribution in [2.24, 2.45) is 28.6 Å². The summed E-state index contributed by atoms with van der Waals surface area (Å²) in [5.41, 5.74) is 3.73. The van der Waals surface area contributed by atoms with Gasteiger partial charge < -0.3 is 5.11 Å². The van der Waals surface area contributed by atoms with Gasteiger partial charge in [-0.3, -0.25) is 4.79 Å². The normalized spacial score (nSPS) is 46.5. The fourth-order valence-corrected chi connectivity index (χ4v) is 6.46. The van der Waals surface area contributed by atoms with Crippen molar-refractivity contribution in [2.45, 2.75) is 65.4 Å². The quantitative estimate of drug-likeness (QED) is 0.541. The van der Waals surface area contributed by atoms with Crippen molar-refractivity contribution in [3.8, 4) is 0 Å². The molecule has 0 aromatic carbocycles. The van der Waals surface area contributed by atoms with E-state index in [1.165, 1.54) is 17.6 Å². The van der Waals surface area contributed by atoms with Gasteiger partial charge in [0.15, 0.2) is 5.78 Å². The number of aliphatic hydroxyl groups is 1. The number of aliphatic hydroxyl groups excluding tert-OH is 1. The lowest BCUT2D eigenvalue weighted by atomic mass is 9.47. The summed E-state index contributed by atoms with van der Waals surface area (Å²) >= 11 is 0. The Morgan fingerprint density at radius 2 is 1.95 bits per heavy atom. The highest BCUT2D eigenvalue weighted by Gasteiger charge is 2.59. The van der Waals surface area contributed by atoms with E-state index in [1.807, 2.05) is 0 Å². The third kappa shape index (κ3) is 1.62. The van der Waals surface area contributed by atoms with Crippen molar-refractivity contribution in [3.63, 3.8) is 0 Å². The highest BCUT2D eigenvalue weighted by atomic mass is 16.3. The second-order valence-electron chi connectivity index (χ2n) is 9.01. The van der Waals surface area contributed by atoms with Crippen LogP contribution in [-0.4, -0.2) is 17.0 Å². The standard InChI is InChI=1S/C20H28O2/c1-11-13-9-12-5-6-15-19(2,3)8-7-16(21)20(15,4)17(12)14(10-13)18(11)22/h13-16,21H,1,5-10H2,2-4H3. The number of hydrogen-bond donors (Lipinski definition) is 1. The van der Waals surface area contributed by atoms with Gasteiger partial charge in [-0.05, 0) is 61.3 Å². The van der Waals surface area contributed by atoms with E-state index in [0.29, 0.717) is 11.8 Å². The van der Waals surface area contributed by atoms with E-state index >= 15 is 0 Å². The Morgan fingerprint density at radius 1 is 1.23 bits per heavy atom. The molecule has 4 aliphatic carbocycles. The van der Waals surface area contributed by atoms with Gasteiger partial charge in [0.1, 0.15) is 0 Å². The number of carbonyl (C=O) groups is 1. The van der Waals surface area contributed by atoms with Crippen molar-refractivity contribution in [1.29, 1.82) is 0 Å². The van der Waals surface area contributed by atoms with Crippen LogP contribution < -0.4 is 0 Å². The summed E-state index contributed by atoms with van der Waals surface area (Å²) < 4.78 is 0. The summed E-state index contributed by atoms with van der Waals surface area (Å²) in [4.78, 5) is 12.7. The molecule has 0 aromatic heterocycles.